The number of carbonyl (C=O) groups excluding carboxylic acids is 2. The van der Waals surface area contributed by atoms with E-state index in [4.69, 9.17) is 9.47 Å². The summed E-state index contributed by atoms with van der Waals surface area (Å²) in [5.41, 5.74) is 0.465. The molecule has 1 aliphatic carbocycles. The second-order valence-corrected chi connectivity index (χ2v) is 3.87. The van der Waals surface area contributed by atoms with Gasteiger partial charge < -0.3 is 9.47 Å². The zero-order valence-corrected chi connectivity index (χ0v) is 10.5. The van der Waals surface area contributed by atoms with E-state index in [1.54, 1.807) is 0 Å². The van der Waals surface area contributed by atoms with Crippen molar-refractivity contribution < 1.29 is 19.1 Å². The molecule has 0 amide bonds. The Bertz CT molecular complexity index is 377. The van der Waals surface area contributed by atoms with Gasteiger partial charge in [0.25, 0.3) is 5.78 Å². The molecule has 0 N–H and O–H groups in total. The quantitative estimate of drug-likeness (QED) is 0.525. The monoisotopic (exact) mass is 238 g/mol. The van der Waals surface area contributed by atoms with E-state index in [0.717, 1.165) is 19.3 Å². The fraction of sp³-hybridized carbons (Fsp3) is 0.538. The maximum Gasteiger partial charge on any atom is 0.262 e. The van der Waals surface area contributed by atoms with Crippen LogP contribution in [0.25, 0.3) is 0 Å². The van der Waals surface area contributed by atoms with Gasteiger partial charge >= 0.3 is 0 Å². The van der Waals surface area contributed by atoms with Crippen LogP contribution in [0.3, 0.4) is 0 Å². The molecule has 17 heavy (non-hydrogen) atoms. The summed E-state index contributed by atoms with van der Waals surface area (Å²) < 4.78 is 9.89. The van der Waals surface area contributed by atoms with Crippen molar-refractivity contribution in [3.05, 3.63) is 23.2 Å². The highest BCUT2D eigenvalue weighted by atomic mass is 16.5. The Hall–Kier alpha value is -1.58. The van der Waals surface area contributed by atoms with E-state index in [1.165, 1.54) is 20.3 Å². The minimum absolute atomic E-state index is 0.0473. The molecule has 0 fully saturated rings. The summed E-state index contributed by atoms with van der Waals surface area (Å²) in [5.74, 6) is -0.355. The van der Waals surface area contributed by atoms with Crippen molar-refractivity contribution in [2.24, 2.45) is 0 Å². The Morgan fingerprint density at radius 2 is 1.82 bits per heavy atom. The van der Waals surface area contributed by atoms with Crippen molar-refractivity contribution in [2.75, 3.05) is 14.2 Å². The predicted octanol–water partition coefficient (Wildman–Crippen LogP) is 2.15. The molecule has 0 saturated carbocycles. The Labute approximate surface area is 101 Å². The number of ether oxygens (including phenoxy) is 2. The smallest absolute Gasteiger partial charge is 0.262 e. The van der Waals surface area contributed by atoms with Gasteiger partial charge in [0.2, 0.25) is 0 Å². The molecule has 0 unspecified atom stereocenters. The summed E-state index contributed by atoms with van der Waals surface area (Å²) in [6.07, 6.45) is 4.80. The van der Waals surface area contributed by atoms with Crippen molar-refractivity contribution in [1.82, 2.24) is 0 Å². The Balaban J connectivity index is 2.91. The first-order valence-corrected chi connectivity index (χ1v) is 5.77. The predicted molar refractivity (Wildman–Crippen MR) is 63.3 cm³/mol. The summed E-state index contributed by atoms with van der Waals surface area (Å²) in [6, 6.07) is 0. The minimum Gasteiger partial charge on any atom is -0.492 e. The fourth-order valence-corrected chi connectivity index (χ4v) is 1.79. The number of rotatable bonds is 6. The number of Topliss-reactive ketones (excluding diaryl/α,β-unsaturated/α-hetero) is 1. The number of methoxy groups -OCH3 is 2. The van der Waals surface area contributed by atoms with Crippen molar-refractivity contribution >= 4 is 11.6 Å². The second kappa shape index (κ2) is 6.23. The van der Waals surface area contributed by atoms with E-state index in [9.17, 15) is 9.59 Å². The van der Waals surface area contributed by atoms with Crippen molar-refractivity contribution in [2.45, 2.75) is 32.6 Å². The van der Waals surface area contributed by atoms with Gasteiger partial charge in [0, 0.05) is 11.6 Å². The molecule has 0 spiro atoms. The van der Waals surface area contributed by atoms with Crippen LogP contribution in [0.2, 0.25) is 0 Å². The third-order valence-corrected chi connectivity index (χ3v) is 2.72. The van der Waals surface area contributed by atoms with E-state index in [-0.39, 0.29) is 23.1 Å². The summed E-state index contributed by atoms with van der Waals surface area (Å²) in [6.45, 7) is 2.09. The third kappa shape index (κ3) is 2.96. The van der Waals surface area contributed by atoms with Crippen LogP contribution in [-0.2, 0) is 19.1 Å². The van der Waals surface area contributed by atoms with Crippen molar-refractivity contribution in [3.8, 4) is 0 Å². The maximum absolute atomic E-state index is 11.8. The maximum atomic E-state index is 11.8. The van der Waals surface area contributed by atoms with Crippen LogP contribution in [-0.4, -0.2) is 25.8 Å². The average molecular weight is 238 g/mol. The van der Waals surface area contributed by atoms with Crippen LogP contribution < -0.4 is 0 Å². The molecule has 0 aromatic heterocycles. The van der Waals surface area contributed by atoms with Gasteiger partial charge in [-0.1, -0.05) is 19.8 Å². The summed E-state index contributed by atoms with van der Waals surface area (Å²) in [5, 5.41) is 0. The molecule has 0 aliphatic heterocycles. The normalized spacial score (nSPS) is 16.1. The standard InChI is InChI=1S/C13H18O4/c1-4-5-6-7-9-10(14)8-11(16-2)12(15)13(9)17-3/h8H,4-7H2,1-3H3. The number of ketones is 2. The SMILES string of the molecule is CCCCCC1=C(OC)C(=O)C(OC)=CC1=O. The molecule has 94 valence electrons. The molecule has 1 aliphatic rings. The first kappa shape index (κ1) is 13.5. The van der Waals surface area contributed by atoms with Gasteiger partial charge in [0.1, 0.15) is 0 Å². The summed E-state index contributed by atoms with van der Waals surface area (Å²) in [7, 11) is 2.77. The lowest BCUT2D eigenvalue weighted by Gasteiger charge is -2.16. The number of carbonyl (C=O) groups is 2. The number of hydrogen-bond donors (Lipinski definition) is 0. The topological polar surface area (TPSA) is 52.6 Å². The largest absolute Gasteiger partial charge is 0.492 e. The van der Waals surface area contributed by atoms with E-state index in [1.807, 2.05) is 0 Å². The first-order chi connectivity index (χ1) is 8.15. The van der Waals surface area contributed by atoms with Crippen LogP contribution >= 0.6 is 0 Å². The van der Waals surface area contributed by atoms with E-state index in [2.05, 4.69) is 6.92 Å². The van der Waals surface area contributed by atoms with Crippen molar-refractivity contribution in [3.63, 3.8) is 0 Å². The highest BCUT2D eigenvalue weighted by Gasteiger charge is 2.29. The van der Waals surface area contributed by atoms with Gasteiger partial charge in [0.15, 0.2) is 17.3 Å². The molecule has 0 aromatic carbocycles. The second-order valence-electron chi connectivity index (χ2n) is 3.87. The highest BCUT2D eigenvalue weighted by molar-refractivity contribution is 6.20. The van der Waals surface area contributed by atoms with Crippen molar-refractivity contribution in [1.29, 1.82) is 0 Å². The highest BCUT2D eigenvalue weighted by Crippen LogP contribution is 2.24. The van der Waals surface area contributed by atoms with Gasteiger partial charge in [-0.2, -0.15) is 0 Å². The molecule has 1 rings (SSSR count). The molecule has 0 heterocycles. The lowest BCUT2D eigenvalue weighted by molar-refractivity contribution is -0.121. The van der Waals surface area contributed by atoms with E-state index >= 15 is 0 Å². The van der Waals surface area contributed by atoms with Crippen LogP contribution in [0.4, 0.5) is 0 Å². The third-order valence-electron chi connectivity index (χ3n) is 2.72. The van der Waals surface area contributed by atoms with Gasteiger partial charge in [-0.05, 0) is 12.8 Å². The molecule has 0 aromatic rings. The lowest BCUT2D eigenvalue weighted by atomic mass is 9.95. The van der Waals surface area contributed by atoms with Crippen LogP contribution in [0.1, 0.15) is 32.6 Å². The zero-order valence-electron chi connectivity index (χ0n) is 10.5. The lowest BCUT2D eigenvalue weighted by Crippen LogP contribution is -2.21. The first-order valence-electron chi connectivity index (χ1n) is 5.77. The Morgan fingerprint density at radius 1 is 1.12 bits per heavy atom. The molecule has 0 radical (unpaired) electrons. The number of allylic oxidation sites excluding steroid dienone is 2. The van der Waals surface area contributed by atoms with Crippen LogP contribution in [0, 0.1) is 0 Å². The van der Waals surface area contributed by atoms with Gasteiger partial charge in [0.05, 0.1) is 14.2 Å². The van der Waals surface area contributed by atoms with Gasteiger partial charge in [-0.15, -0.1) is 0 Å². The molecule has 0 atom stereocenters. The van der Waals surface area contributed by atoms with E-state index in [0.29, 0.717) is 12.0 Å². The molecule has 4 heteroatoms. The Kier molecular flexibility index (Phi) is 4.94. The summed E-state index contributed by atoms with van der Waals surface area (Å²) >= 11 is 0. The molecular weight excluding hydrogens is 220 g/mol. The fourth-order valence-electron chi connectivity index (χ4n) is 1.79. The van der Waals surface area contributed by atoms with Crippen LogP contribution in [0.5, 0.6) is 0 Å². The minimum atomic E-state index is -0.346. The Morgan fingerprint density at radius 3 is 2.35 bits per heavy atom. The summed E-state index contributed by atoms with van der Waals surface area (Å²) in [4.78, 5) is 23.7. The van der Waals surface area contributed by atoms with Gasteiger partial charge in [-0.25, -0.2) is 0 Å². The van der Waals surface area contributed by atoms with Gasteiger partial charge in [-0.3, -0.25) is 9.59 Å². The number of hydrogen-bond acceptors (Lipinski definition) is 4. The van der Waals surface area contributed by atoms with E-state index < -0.39 is 0 Å². The molecule has 0 bridgehead atoms. The molecule has 0 saturated heterocycles. The molecule has 4 nitrogen and oxygen atoms in total. The zero-order chi connectivity index (χ0) is 12.8. The average Bonchev–Trinajstić information content (AvgIpc) is 2.33. The number of unbranched alkanes of at least 4 members (excludes halogenated alkanes) is 2. The van der Waals surface area contributed by atoms with Crippen LogP contribution in [0.15, 0.2) is 23.2 Å². The molecular formula is C13H18O4.